The van der Waals surface area contributed by atoms with Crippen molar-refractivity contribution in [1.82, 2.24) is 4.90 Å². The molecule has 0 saturated carbocycles. The van der Waals surface area contributed by atoms with Crippen LogP contribution in [0.5, 0.6) is 0 Å². The molecule has 1 unspecified atom stereocenters. The van der Waals surface area contributed by atoms with Gasteiger partial charge in [0, 0.05) is 19.0 Å². The van der Waals surface area contributed by atoms with Crippen LogP contribution in [-0.2, 0) is 4.79 Å². The Morgan fingerprint density at radius 3 is 2.50 bits per heavy atom. The van der Waals surface area contributed by atoms with E-state index in [-0.39, 0.29) is 5.92 Å². The molecule has 12 heavy (non-hydrogen) atoms. The highest BCUT2D eigenvalue weighted by molar-refractivity contribution is 5.79. The summed E-state index contributed by atoms with van der Waals surface area (Å²) in [4.78, 5) is 13.5. The van der Waals surface area contributed by atoms with Crippen LogP contribution in [0.1, 0.15) is 33.6 Å². The molecule has 0 aromatic rings. The van der Waals surface area contributed by atoms with Crippen molar-refractivity contribution in [3.05, 3.63) is 0 Å². The van der Waals surface area contributed by atoms with Gasteiger partial charge in [0.05, 0.1) is 0 Å². The maximum absolute atomic E-state index is 11.5. The van der Waals surface area contributed by atoms with Gasteiger partial charge in [0.1, 0.15) is 0 Å². The van der Waals surface area contributed by atoms with Gasteiger partial charge < -0.3 is 4.90 Å². The van der Waals surface area contributed by atoms with Crippen molar-refractivity contribution in [2.24, 2.45) is 11.8 Å². The number of nitrogens with zero attached hydrogens (tertiary/aromatic N) is 1. The Kier molecular flexibility index (Phi) is 3.12. The van der Waals surface area contributed by atoms with Crippen molar-refractivity contribution < 1.29 is 4.79 Å². The van der Waals surface area contributed by atoms with Gasteiger partial charge in [0.15, 0.2) is 0 Å². The number of hydrogen-bond acceptors (Lipinski definition) is 1. The van der Waals surface area contributed by atoms with E-state index >= 15 is 0 Å². The van der Waals surface area contributed by atoms with Crippen molar-refractivity contribution in [3.63, 3.8) is 0 Å². The first kappa shape index (κ1) is 9.56. The van der Waals surface area contributed by atoms with Crippen LogP contribution in [0.25, 0.3) is 0 Å². The molecule has 1 aliphatic rings. The summed E-state index contributed by atoms with van der Waals surface area (Å²) in [5.41, 5.74) is 0. The van der Waals surface area contributed by atoms with Crippen LogP contribution in [0.15, 0.2) is 0 Å². The van der Waals surface area contributed by atoms with E-state index in [1.807, 2.05) is 11.8 Å². The molecule has 0 aromatic carbocycles. The maximum atomic E-state index is 11.5. The Morgan fingerprint density at radius 1 is 1.50 bits per heavy atom. The molecule has 0 N–H and O–H groups in total. The SMILES string of the molecule is CCC1CN(C(=O)C(C)CC)C1. The Bertz CT molecular complexity index is 161. The predicted molar refractivity (Wildman–Crippen MR) is 49.8 cm³/mol. The molecule has 1 fully saturated rings. The first-order valence-corrected chi connectivity index (χ1v) is 4.97. The van der Waals surface area contributed by atoms with Gasteiger partial charge in [-0.2, -0.15) is 0 Å². The summed E-state index contributed by atoms with van der Waals surface area (Å²) in [7, 11) is 0. The Hall–Kier alpha value is -0.530. The van der Waals surface area contributed by atoms with Crippen LogP contribution < -0.4 is 0 Å². The van der Waals surface area contributed by atoms with Crippen molar-refractivity contribution in [2.75, 3.05) is 13.1 Å². The van der Waals surface area contributed by atoms with Crippen LogP contribution in [0.2, 0.25) is 0 Å². The summed E-state index contributed by atoms with van der Waals surface area (Å²) in [5.74, 6) is 1.35. The molecule has 0 spiro atoms. The molecule has 1 heterocycles. The van der Waals surface area contributed by atoms with Crippen LogP contribution in [0.4, 0.5) is 0 Å². The molecule has 1 rings (SSSR count). The van der Waals surface area contributed by atoms with Crippen LogP contribution >= 0.6 is 0 Å². The highest BCUT2D eigenvalue weighted by atomic mass is 16.2. The second-order valence-corrected chi connectivity index (χ2v) is 3.83. The van der Waals surface area contributed by atoms with Gasteiger partial charge in [-0.1, -0.05) is 20.8 Å². The molecule has 2 heteroatoms. The van der Waals surface area contributed by atoms with Crippen LogP contribution in [0.3, 0.4) is 0 Å². The number of hydrogen-bond donors (Lipinski definition) is 0. The van der Waals surface area contributed by atoms with Crippen molar-refractivity contribution in [3.8, 4) is 0 Å². The summed E-state index contributed by atoms with van der Waals surface area (Å²) >= 11 is 0. The average Bonchev–Trinajstić information content (AvgIpc) is 2.01. The smallest absolute Gasteiger partial charge is 0.225 e. The van der Waals surface area contributed by atoms with E-state index < -0.39 is 0 Å². The van der Waals surface area contributed by atoms with Gasteiger partial charge >= 0.3 is 0 Å². The van der Waals surface area contributed by atoms with E-state index in [2.05, 4.69) is 13.8 Å². The van der Waals surface area contributed by atoms with E-state index in [0.717, 1.165) is 25.4 Å². The van der Waals surface area contributed by atoms with Gasteiger partial charge in [-0.05, 0) is 18.8 Å². The third-order valence-electron chi connectivity index (χ3n) is 2.88. The zero-order chi connectivity index (χ0) is 9.14. The molecular formula is C10H19NO. The van der Waals surface area contributed by atoms with Crippen molar-refractivity contribution >= 4 is 5.91 Å². The summed E-state index contributed by atoms with van der Waals surface area (Å²) in [6.45, 7) is 8.27. The minimum atomic E-state index is 0.225. The number of likely N-dealkylation sites (tertiary alicyclic amines) is 1. The van der Waals surface area contributed by atoms with Crippen molar-refractivity contribution in [2.45, 2.75) is 33.6 Å². The summed E-state index contributed by atoms with van der Waals surface area (Å²) in [6, 6.07) is 0. The van der Waals surface area contributed by atoms with E-state index in [1.54, 1.807) is 0 Å². The third kappa shape index (κ3) is 1.79. The number of carbonyl (C=O) groups is 1. The fourth-order valence-corrected chi connectivity index (χ4v) is 1.49. The highest BCUT2D eigenvalue weighted by Gasteiger charge is 2.30. The molecule has 1 saturated heterocycles. The lowest BCUT2D eigenvalue weighted by molar-refractivity contribution is -0.141. The molecule has 1 atom stereocenters. The molecule has 0 aliphatic carbocycles. The molecule has 0 bridgehead atoms. The first-order valence-electron chi connectivity index (χ1n) is 4.97. The lowest BCUT2D eigenvalue weighted by Crippen LogP contribution is -2.51. The van der Waals surface area contributed by atoms with Crippen LogP contribution in [0, 0.1) is 11.8 Å². The zero-order valence-electron chi connectivity index (χ0n) is 8.34. The zero-order valence-corrected chi connectivity index (χ0v) is 8.34. The summed E-state index contributed by atoms with van der Waals surface area (Å²) in [5, 5.41) is 0. The molecule has 0 radical (unpaired) electrons. The molecule has 1 amide bonds. The summed E-state index contributed by atoms with van der Waals surface area (Å²) < 4.78 is 0. The van der Waals surface area contributed by atoms with E-state index in [0.29, 0.717) is 5.91 Å². The van der Waals surface area contributed by atoms with Gasteiger partial charge in [-0.15, -0.1) is 0 Å². The highest BCUT2D eigenvalue weighted by Crippen LogP contribution is 2.21. The fraction of sp³-hybridized carbons (Fsp3) is 0.900. The minimum absolute atomic E-state index is 0.225. The topological polar surface area (TPSA) is 20.3 Å². The second-order valence-electron chi connectivity index (χ2n) is 3.83. The van der Waals surface area contributed by atoms with Gasteiger partial charge in [0.25, 0.3) is 0 Å². The van der Waals surface area contributed by atoms with E-state index in [9.17, 15) is 4.79 Å². The van der Waals surface area contributed by atoms with Crippen LogP contribution in [-0.4, -0.2) is 23.9 Å². The second kappa shape index (κ2) is 3.92. The average molecular weight is 169 g/mol. The van der Waals surface area contributed by atoms with Gasteiger partial charge in [-0.25, -0.2) is 0 Å². The van der Waals surface area contributed by atoms with E-state index in [4.69, 9.17) is 0 Å². The fourth-order valence-electron chi connectivity index (χ4n) is 1.49. The van der Waals surface area contributed by atoms with E-state index in [1.165, 1.54) is 6.42 Å². The molecule has 70 valence electrons. The van der Waals surface area contributed by atoms with Crippen molar-refractivity contribution in [1.29, 1.82) is 0 Å². The lowest BCUT2D eigenvalue weighted by Gasteiger charge is -2.40. The molecular weight excluding hydrogens is 150 g/mol. The Balaban J connectivity index is 2.28. The number of amides is 1. The quantitative estimate of drug-likeness (QED) is 0.632. The van der Waals surface area contributed by atoms with Gasteiger partial charge in [0.2, 0.25) is 5.91 Å². The maximum Gasteiger partial charge on any atom is 0.225 e. The number of rotatable bonds is 3. The third-order valence-corrected chi connectivity index (χ3v) is 2.88. The predicted octanol–water partition coefficient (Wildman–Crippen LogP) is 1.90. The Labute approximate surface area is 74.9 Å². The first-order chi connectivity index (χ1) is 5.69. The largest absolute Gasteiger partial charge is 0.342 e. The minimum Gasteiger partial charge on any atom is -0.342 e. The standard InChI is InChI=1S/C10H19NO/c1-4-8(3)10(12)11-6-9(5-2)7-11/h8-9H,4-7H2,1-3H3. The Morgan fingerprint density at radius 2 is 2.08 bits per heavy atom. The van der Waals surface area contributed by atoms with Gasteiger partial charge in [-0.3, -0.25) is 4.79 Å². The lowest BCUT2D eigenvalue weighted by atomic mass is 9.95. The molecule has 0 aromatic heterocycles. The normalized spacial score (nSPS) is 20.4. The monoisotopic (exact) mass is 169 g/mol. The summed E-state index contributed by atoms with van der Waals surface area (Å²) in [6.07, 6.45) is 2.18. The molecule has 2 nitrogen and oxygen atoms in total. The number of carbonyl (C=O) groups excluding carboxylic acids is 1. The molecule has 1 aliphatic heterocycles.